The van der Waals surface area contributed by atoms with Crippen molar-refractivity contribution in [3.63, 3.8) is 0 Å². The maximum absolute atomic E-state index is 13.3. The molecule has 2 aliphatic heterocycles. The maximum atomic E-state index is 13.3. The molecule has 5 amide bonds. The standard InChI is InChI=1S/C40H37N3O8S/c1-2-30(24-6-12-27(44)13-7-24)36(25-8-14-28(45)15-9-25)26-10-16-29(17-11-26)51-22-21-41-34(46)20-23-52-33-5-3-4-31-37(33)40(50)43(39(31)49)32-18-19-35(47)42-38(32)48/h3-17,32,44-45H,2,18-23H2,1H3,(H,41,46)(H,42,47,48). The Labute approximate surface area is 304 Å². The van der Waals surface area contributed by atoms with E-state index in [9.17, 15) is 34.2 Å². The predicted octanol–water partition coefficient (Wildman–Crippen LogP) is 5.55. The van der Waals surface area contributed by atoms with Crippen molar-refractivity contribution >= 4 is 52.4 Å². The Morgan fingerprint density at radius 2 is 1.50 bits per heavy atom. The number of fused-ring (bicyclic) bond motifs is 1. The number of imide groups is 2. The van der Waals surface area contributed by atoms with Crippen LogP contribution in [0.3, 0.4) is 0 Å². The summed E-state index contributed by atoms with van der Waals surface area (Å²) >= 11 is 1.28. The summed E-state index contributed by atoms with van der Waals surface area (Å²) in [7, 11) is 0. The molecular formula is C40H37N3O8S. The largest absolute Gasteiger partial charge is 0.508 e. The molecule has 0 radical (unpaired) electrons. The van der Waals surface area contributed by atoms with Crippen LogP contribution in [-0.2, 0) is 14.4 Å². The molecule has 0 aliphatic carbocycles. The number of nitrogens with zero attached hydrogens (tertiary/aromatic N) is 1. The van der Waals surface area contributed by atoms with E-state index in [1.54, 1.807) is 36.4 Å². The van der Waals surface area contributed by atoms with Gasteiger partial charge in [0.25, 0.3) is 11.8 Å². The zero-order chi connectivity index (χ0) is 36.8. The van der Waals surface area contributed by atoms with Crippen LogP contribution in [0, 0.1) is 0 Å². The van der Waals surface area contributed by atoms with Crippen LogP contribution in [0.1, 0.15) is 70.0 Å². The molecule has 0 saturated carbocycles. The van der Waals surface area contributed by atoms with Crippen molar-refractivity contribution in [2.75, 3.05) is 18.9 Å². The Kier molecular flexibility index (Phi) is 11.0. The minimum absolute atomic E-state index is 0.0429. The van der Waals surface area contributed by atoms with Gasteiger partial charge in [-0.05, 0) is 89.2 Å². The van der Waals surface area contributed by atoms with Crippen LogP contribution >= 0.6 is 11.8 Å². The molecule has 1 atom stereocenters. The molecule has 0 aromatic heterocycles. The quantitative estimate of drug-likeness (QED) is 0.0601. The van der Waals surface area contributed by atoms with Crippen LogP contribution < -0.4 is 15.4 Å². The lowest BCUT2D eigenvalue weighted by atomic mass is 9.88. The van der Waals surface area contributed by atoms with Gasteiger partial charge in [0, 0.05) is 23.5 Å². The van der Waals surface area contributed by atoms with Crippen LogP contribution in [0.25, 0.3) is 11.1 Å². The summed E-state index contributed by atoms with van der Waals surface area (Å²) in [6, 6.07) is 25.7. The first-order valence-corrected chi connectivity index (χ1v) is 17.9. The Bertz CT molecular complexity index is 2040. The van der Waals surface area contributed by atoms with Crippen molar-refractivity contribution in [1.29, 1.82) is 0 Å². The van der Waals surface area contributed by atoms with Gasteiger partial charge in [-0.15, -0.1) is 11.8 Å². The van der Waals surface area contributed by atoms with Gasteiger partial charge in [-0.25, -0.2) is 0 Å². The average Bonchev–Trinajstić information content (AvgIpc) is 3.39. The number of carbonyl (C=O) groups is 5. The number of rotatable bonds is 13. The molecule has 4 N–H and O–H groups in total. The number of benzene rings is 4. The minimum Gasteiger partial charge on any atom is -0.508 e. The number of aromatic hydroxyl groups is 2. The second kappa shape index (κ2) is 16.0. The Morgan fingerprint density at radius 3 is 2.13 bits per heavy atom. The second-order valence-electron chi connectivity index (χ2n) is 12.2. The first kappa shape index (κ1) is 35.9. The van der Waals surface area contributed by atoms with E-state index in [2.05, 4.69) is 17.6 Å². The summed E-state index contributed by atoms with van der Waals surface area (Å²) in [5.74, 6) is -1.10. The highest BCUT2D eigenvalue weighted by Crippen LogP contribution is 2.37. The second-order valence-corrected chi connectivity index (χ2v) is 13.4. The van der Waals surface area contributed by atoms with E-state index >= 15 is 0 Å². The van der Waals surface area contributed by atoms with Gasteiger partial charge in [0.15, 0.2) is 0 Å². The lowest BCUT2D eigenvalue weighted by Gasteiger charge is -2.27. The van der Waals surface area contributed by atoms with Crippen molar-refractivity contribution < 1.29 is 38.9 Å². The van der Waals surface area contributed by atoms with Gasteiger partial charge < -0.3 is 20.3 Å². The van der Waals surface area contributed by atoms with E-state index in [1.165, 1.54) is 17.8 Å². The molecule has 0 spiro atoms. The minimum atomic E-state index is -1.04. The third-order valence-electron chi connectivity index (χ3n) is 8.88. The molecule has 2 aliphatic rings. The number of amides is 5. The fourth-order valence-electron chi connectivity index (χ4n) is 6.35. The number of phenolic OH excluding ortho intramolecular Hbond substituents is 2. The third-order valence-corrected chi connectivity index (χ3v) is 9.94. The number of nitrogens with one attached hydrogen (secondary N) is 2. The normalized spacial score (nSPS) is 15.9. The van der Waals surface area contributed by atoms with E-state index in [4.69, 9.17) is 4.74 Å². The molecular weight excluding hydrogens is 683 g/mol. The molecule has 52 heavy (non-hydrogen) atoms. The lowest BCUT2D eigenvalue weighted by Crippen LogP contribution is -2.54. The molecule has 4 aromatic rings. The summed E-state index contributed by atoms with van der Waals surface area (Å²) in [6.07, 6.45) is 1.01. The average molecular weight is 720 g/mol. The van der Waals surface area contributed by atoms with Crippen LogP contribution in [0.15, 0.2) is 95.9 Å². The highest BCUT2D eigenvalue weighted by Gasteiger charge is 2.45. The van der Waals surface area contributed by atoms with Crippen LogP contribution in [0.2, 0.25) is 0 Å². The molecule has 266 valence electrons. The third kappa shape index (κ3) is 7.87. The van der Waals surface area contributed by atoms with Crippen LogP contribution in [-0.4, -0.2) is 69.6 Å². The number of phenols is 2. The van der Waals surface area contributed by atoms with Crippen molar-refractivity contribution in [2.24, 2.45) is 0 Å². The Hall–Kier alpha value is -5.88. The number of carbonyl (C=O) groups excluding carboxylic acids is 5. The molecule has 6 rings (SSSR count). The first-order valence-electron chi connectivity index (χ1n) is 16.9. The Morgan fingerprint density at radius 1 is 0.865 bits per heavy atom. The van der Waals surface area contributed by atoms with E-state index in [-0.39, 0.29) is 60.9 Å². The zero-order valence-corrected chi connectivity index (χ0v) is 29.2. The number of hydrogen-bond acceptors (Lipinski definition) is 9. The van der Waals surface area contributed by atoms with Gasteiger partial charge in [0.1, 0.15) is 29.9 Å². The molecule has 2 heterocycles. The number of hydrogen-bond donors (Lipinski definition) is 4. The first-order chi connectivity index (χ1) is 25.1. The number of piperidine rings is 1. The smallest absolute Gasteiger partial charge is 0.263 e. The number of ether oxygens (including phenoxy) is 1. The van der Waals surface area contributed by atoms with E-state index in [0.29, 0.717) is 16.4 Å². The van der Waals surface area contributed by atoms with Gasteiger partial charge in [0.2, 0.25) is 17.7 Å². The maximum Gasteiger partial charge on any atom is 0.263 e. The van der Waals surface area contributed by atoms with Crippen molar-refractivity contribution in [2.45, 2.75) is 43.5 Å². The summed E-state index contributed by atoms with van der Waals surface area (Å²) in [5.41, 5.74) is 5.34. The summed E-state index contributed by atoms with van der Waals surface area (Å²) in [6.45, 7) is 2.59. The van der Waals surface area contributed by atoms with Crippen LogP contribution in [0.5, 0.6) is 17.2 Å². The van der Waals surface area contributed by atoms with Gasteiger partial charge in [-0.1, -0.05) is 49.4 Å². The van der Waals surface area contributed by atoms with Gasteiger partial charge in [0.05, 0.1) is 17.7 Å². The lowest BCUT2D eigenvalue weighted by molar-refractivity contribution is -0.136. The molecule has 1 unspecified atom stereocenters. The molecule has 1 saturated heterocycles. The van der Waals surface area contributed by atoms with Crippen molar-refractivity contribution in [3.05, 3.63) is 119 Å². The molecule has 12 heteroatoms. The molecule has 1 fully saturated rings. The fourth-order valence-corrected chi connectivity index (χ4v) is 7.38. The summed E-state index contributed by atoms with van der Waals surface area (Å²) in [5, 5.41) is 24.8. The number of thioether (sulfide) groups is 1. The van der Waals surface area contributed by atoms with E-state index in [1.807, 2.05) is 48.5 Å². The van der Waals surface area contributed by atoms with Crippen molar-refractivity contribution in [1.82, 2.24) is 15.5 Å². The monoisotopic (exact) mass is 719 g/mol. The van der Waals surface area contributed by atoms with Crippen molar-refractivity contribution in [3.8, 4) is 17.2 Å². The van der Waals surface area contributed by atoms with Gasteiger partial charge in [-0.3, -0.25) is 34.2 Å². The molecule has 11 nitrogen and oxygen atoms in total. The highest BCUT2D eigenvalue weighted by atomic mass is 32.2. The SMILES string of the molecule is CCC(=C(c1ccc(O)cc1)c1ccc(OCCNC(=O)CCSc2cccc3c2C(=O)N(C2CCC(=O)NC2=O)C3=O)cc1)c1ccc(O)cc1. The molecule has 0 bridgehead atoms. The summed E-state index contributed by atoms with van der Waals surface area (Å²) < 4.78 is 5.90. The van der Waals surface area contributed by atoms with Crippen LogP contribution in [0.4, 0.5) is 0 Å². The predicted molar refractivity (Wildman–Crippen MR) is 196 cm³/mol. The zero-order valence-electron chi connectivity index (χ0n) is 28.4. The highest BCUT2D eigenvalue weighted by molar-refractivity contribution is 7.99. The van der Waals surface area contributed by atoms with Gasteiger partial charge >= 0.3 is 0 Å². The van der Waals surface area contributed by atoms with E-state index in [0.717, 1.165) is 39.2 Å². The topological polar surface area (TPSA) is 162 Å². The van der Waals surface area contributed by atoms with Gasteiger partial charge in [-0.2, -0.15) is 0 Å². The number of allylic oxidation sites excluding steroid dienone is 1. The fraction of sp³-hybridized carbons (Fsp3) is 0.225. The molecule has 4 aromatic carbocycles. The van der Waals surface area contributed by atoms with E-state index < -0.39 is 29.7 Å². The Balaban J connectivity index is 1.02. The summed E-state index contributed by atoms with van der Waals surface area (Å²) in [4.78, 5) is 64.4.